The zero-order chi connectivity index (χ0) is 21.9. The summed E-state index contributed by atoms with van der Waals surface area (Å²) >= 11 is 6.01. The number of hydrogen-bond donors (Lipinski definition) is 3. The number of nitrogens with one attached hydrogen (secondary N) is 2. The third kappa shape index (κ3) is 4.88. The number of sulfonamides is 1. The van der Waals surface area contributed by atoms with Gasteiger partial charge < -0.3 is 9.88 Å². The second kappa shape index (κ2) is 8.70. The van der Waals surface area contributed by atoms with Gasteiger partial charge in [0.05, 0.1) is 21.8 Å². The molecule has 0 saturated heterocycles. The standard InChI is InChI=1S/C20H20ClN5O3S/c1-13-11-15(12-23-25-20(27)24-19-6-4-3-5-18(19)21)14(2)26(13)16-7-9-17(10-8-16)30(22,28)29/h3-12H,1-2H3,(H2,22,28,29)(H2,24,25,27)/b23-12+. The van der Waals surface area contributed by atoms with Gasteiger partial charge >= 0.3 is 6.03 Å². The molecule has 30 heavy (non-hydrogen) atoms. The number of para-hydroxylation sites is 1. The molecule has 0 fully saturated rings. The van der Waals surface area contributed by atoms with Gasteiger partial charge in [-0.3, -0.25) is 0 Å². The van der Waals surface area contributed by atoms with Crippen LogP contribution in [-0.2, 0) is 10.0 Å². The van der Waals surface area contributed by atoms with E-state index < -0.39 is 16.1 Å². The fourth-order valence-corrected chi connectivity index (χ4v) is 3.67. The smallest absolute Gasteiger partial charge is 0.318 e. The van der Waals surface area contributed by atoms with Crippen molar-refractivity contribution in [1.82, 2.24) is 9.99 Å². The Hall–Kier alpha value is -3.14. The molecule has 8 nitrogen and oxygen atoms in total. The summed E-state index contributed by atoms with van der Waals surface area (Å²) in [5, 5.41) is 12.2. The minimum absolute atomic E-state index is 0.0456. The number of carbonyl (C=O) groups excluding carboxylic acids is 1. The number of hydrogen-bond acceptors (Lipinski definition) is 4. The fourth-order valence-electron chi connectivity index (χ4n) is 2.97. The molecule has 3 aromatic rings. The summed E-state index contributed by atoms with van der Waals surface area (Å²) in [4.78, 5) is 12.0. The van der Waals surface area contributed by atoms with Crippen molar-refractivity contribution in [3.63, 3.8) is 0 Å². The van der Waals surface area contributed by atoms with Gasteiger partial charge in [-0.2, -0.15) is 5.10 Å². The molecule has 1 heterocycles. The predicted molar refractivity (Wildman–Crippen MR) is 118 cm³/mol. The van der Waals surface area contributed by atoms with E-state index in [9.17, 15) is 13.2 Å². The molecule has 2 amide bonds. The first-order valence-corrected chi connectivity index (χ1v) is 10.8. The monoisotopic (exact) mass is 445 g/mol. The van der Waals surface area contributed by atoms with Crippen LogP contribution >= 0.6 is 11.6 Å². The van der Waals surface area contributed by atoms with Crippen LogP contribution in [0.2, 0.25) is 5.02 Å². The molecule has 4 N–H and O–H groups in total. The first-order valence-electron chi connectivity index (χ1n) is 8.83. The van der Waals surface area contributed by atoms with E-state index in [4.69, 9.17) is 16.7 Å². The number of benzene rings is 2. The highest BCUT2D eigenvalue weighted by molar-refractivity contribution is 7.89. The van der Waals surface area contributed by atoms with Crippen LogP contribution in [0.4, 0.5) is 10.5 Å². The third-order valence-corrected chi connectivity index (χ3v) is 5.64. The Labute approximate surface area is 179 Å². The SMILES string of the molecule is Cc1cc(/C=N/NC(=O)Nc2ccccc2Cl)c(C)n1-c1ccc(S(N)(=O)=O)cc1. The quantitative estimate of drug-likeness (QED) is 0.411. The Bertz CT molecular complexity index is 1220. The van der Waals surface area contributed by atoms with E-state index in [2.05, 4.69) is 15.8 Å². The van der Waals surface area contributed by atoms with Gasteiger partial charge in [0.15, 0.2) is 0 Å². The summed E-state index contributed by atoms with van der Waals surface area (Å²) < 4.78 is 24.8. The Kier molecular flexibility index (Phi) is 6.25. The van der Waals surface area contributed by atoms with Crippen LogP contribution in [0, 0.1) is 13.8 Å². The molecular formula is C20H20ClN5O3S. The van der Waals surface area contributed by atoms with Crippen LogP contribution < -0.4 is 15.9 Å². The van der Waals surface area contributed by atoms with Crippen LogP contribution in [0.1, 0.15) is 17.0 Å². The molecule has 0 saturated carbocycles. The second-order valence-electron chi connectivity index (χ2n) is 6.50. The van der Waals surface area contributed by atoms with E-state index >= 15 is 0 Å². The molecule has 0 radical (unpaired) electrons. The second-order valence-corrected chi connectivity index (χ2v) is 8.47. The minimum atomic E-state index is -3.75. The molecule has 0 unspecified atom stereocenters. The van der Waals surface area contributed by atoms with E-state index in [1.165, 1.54) is 18.3 Å². The van der Waals surface area contributed by atoms with Gasteiger partial charge in [0.1, 0.15) is 0 Å². The van der Waals surface area contributed by atoms with E-state index in [1.807, 2.05) is 24.5 Å². The number of nitrogens with zero attached hydrogens (tertiary/aromatic N) is 2. The van der Waals surface area contributed by atoms with Gasteiger partial charge in [-0.25, -0.2) is 23.8 Å². The highest BCUT2D eigenvalue weighted by atomic mass is 35.5. The summed E-state index contributed by atoms with van der Waals surface area (Å²) in [7, 11) is -3.75. The number of rotatable bonds is 5. The molecule has 0 aliphatic heterocycles. The summed E-state index contributed by atoms with van der Waals surface area (Å²) in [6.45, 7) is 3.81. The largest absolute Gasteiger partial charge is 0.339 e. The average molecular weight is 446 g/mol. The van der Waals surface area contributed by atoms with Crippen LogP contribution in [0.25, 0.3) is 5.69 Å². The minimum Gasteiger partial charge on any atom is -0.318 e. The molecule has 0 spiro atoms. The topological polar surface area (TPSA) is 119 Å². The van der Waals surface area contributed by atoms with Crippen molar-refractivity contribution in [2.45, 2.75) is 18.7 Å². The van der Waals surface area contributed by atoms with Crippen molar-refractivity contribution < 1.29 is 13.2 Å². The van der Waals surface area contributed by atoms with Crippen molar-refractivity contribution >= 4 is 39.6 Å². The maximum Gasteiger partial charge on any atom is 0.339 e. The van der Waals surface area contributed by atoms with E-state index in [0.717, 1.165) is 22.6 Å². The van der Waals surface area contributed by atoms with Crippen LogP contribution in [0.5, 0.6) is 0 Å². The van der Waals surface area contributed by atoms with Crippen LogP contribution in [0.15, 0.2) is 64.6 Å². The number of hydrazone groups is 1. The predicted octanol–water partition coefficient (Wildman–Crippen LogP) is 3.55. The lowest BCUT2D eigenvalue weighted by atomic mass is 10.2. The molecule has 0 aliphatic rings. The first kappa shape index (κ1) is 21.6. The van der Waals surface area contributed by atoms with E-state index in [0.29, 0.717) is 10.7 Å². The van der Waals surface area contributed by atoms with E-state index in [-0.39, 0.29) is 4.90 Å². The van der Waals surface area contributed by atoms with Crippen molar-refractivity contribution in [2.24, 2.45) is 10.2 Å². The molecule has 0 bridgehead atoms. The zero-order valence-electron chi connectivity index (χ0n) is 16.3. The Balaban J connectivity index is 1.74. The number of amides is 2. The Morgan fingerprint density at radius 1 is 1.13 bits per heavy atom. The van der Waals surface area contributed by atoms with Gasteiger partial charge in [-0.15, -0.1) is 0 Å². The average Bonchev–Trinajstić information content (AvgIpc) is 2.96. The van der Waals surface area contributed by atoms with Crippen LogP contribution in [-0.4, -0.2) is 25.2 Å². The highest BCUT2D eigenvalue weighted by Gasteiger charge is 2.12. The summed E-state index contributed by atoms with van der Waals surface area (Å²) in [5.41, 5.74) is 6.23. The van der Waals surface area contributed by atoms with Gasteiger partial charge in [0.2, 0.25) is 10.0 Å². The lowest BCUT2D eigenvalue weighted by Crippen LogP contribution is -2.24. The van der Waals surface area contributed by atoms with Gasteiger partial charge in [0.25, 0.3) is 0 Å². The summed E-state index contributed by atoms with van der Waals surface area (Å²) in [6.07, 6.45) is 1.53. The molecule has 10 heteroatoms. The van der Waals surface area contributed by atoms with Gasteiger partial charge in [0, 0.05) is 22.6 Å². The molecule has 3 rings (SSSR count). The van der Waals surface area contributed by atoms with Crippen molar-refractivity contribution in [2.75, 3.05) is 5.32 Å². The molecule has 156 valence electrons. The number of anilines is 1. The number of urea groups is 1. The lowest BCUT2D eigenvalue weighted by Gasteiger charge is -2.10. The molecular weight excluding hydrogens is 426 g/mol. The van der Waals surface area contributed by atoms with Gasteiger partial charge in [-0.05, 0) is 56.3 Å². The number of halogens is 1. The maximum atomic E-state index is 12.0. The Morgan fingerprint density at radius 2 is 1.80 bits per heavy atom. The summed E-state index contributed by atoms with van der Waals surface area (Å²) in [6, 6.07) is 14.5. The normalized spacial score (nSPS) is 11.6. The van der Waals surface area contributed by atoms with E-state index in [1.54, 1.807) is 36.4 Å². The Morgan fingerprint density at radius 3 is 2.43 bits per heavy atom. The number of aromatic nitrogens is 1. The summed E-state index contributed by atoms with van der Waals surface area (Å²) in [5.74, 6) is 0. The van der Waals surface area contributed by atoms with Crippen LogP contribution in [0.3, 0.4) is 0 Å². The number of aryl methyl sites for hydroxylation is 1. The van der Waals surface area contributed by atoms with Crippen molar-refractivity contribution in [1.29, 1.82) is 0 Å². The first-order chi connectivity index (χ1) is 14.2. The number of nitrogens with two attached hydrogens (primary N) is 1. The van der Waals surface area contributed by atoms with Gasteiger partial charge in [-0.1, -0.05) is 23.7 Å². The fraction of sp³-hybridized carbons (Fsp3) is 0.100. The number of carbonyl (C=O) groups is 1. The van der Waals surface area contributed by atoms with Crippen molar-refractivity contribution in [3.05, 3.63) is 76.6 Å². The molecule has 1 aromatic heterocycles. The van der Waals surface area contributed by atoms with Crippen molar-refractivity contribution in [3.8, 4) is 5.69 Å². The zero-order valence-corrected chi connectivity index (χ0v) is 17.8. The third-order valence-electron chi connectivity index (χ3n) is 4.39. The lowest BCUT2D eigenvalue weighted by molar-refractivity contribution is 0.252. The molecule has 0 aliphatic carbocycles. The number of primary sulfonamides is 1. The molecule has 0 atom stereocenters. The maximum absolute atomic E-state index is 12.0. The molecule has 2 aromatic carbocycles. The highest BCUT2D eigenvalue weighted by Crippen LogP contribution is 2.21.